The van der Waals surface area contributed by atoms with Gasteiger partial charge in [0.2, 0.25) is 0 Å². The Bertz CT molecular complexity index is 2140. The van der Waals surface area contributed by atoms with Gasteiger partial charge in [0.05, 0.1) is 0 Å². The maximum atomic E-state index is 6.28. The molecule has 0 bridgehead atoms. The van der Waals surface area contributed by atoms with E-state index < -0.39 is 0 Å². The van der Waals surface area contributed by atoms with E-state index in [9.17, 15) is 0 Å². The van der Waals surface area contributed by atoms with Gasteiger partial charge in [0.1, 0.15) is 11.2 Å². The molecular formula is C36H21ClO. The Morgan fingerprint density at radius 1 is 0.421 bits per heavy atom. The maximum absolute atomic E-state index is 6.28. The summed E-state index contributed by atoms with van der Waals surface area (Å²) in [5, 5.41) is 10.3. The quantitative estimate of drug-likeness (QED) is 0.213. The summed E-state index contributed by atoms with van der Waals surface area (Å²) in [5.41, 5.74) is 6.57. The molecule has 0 aliphatic heterocycles. The zero-order valence-corrected chi connectivity index (χ0v) is 21.2. The van der Waals surface area contributed by atoms with Crippen LogP contribution in [0.5, 0.6) is 0 Å². The molecule has 1 aromatic heterocycles. The van der Waals surface area contributed by atoms with Crippen molar-refractivity contribution in [2.75, 3.05) is 0 Å². The third kappa shape index (κ3) is 3.13. The Morgan fingerprint density at radius 3 is 1.68 bits per heavy atom. The molecule has 0 fully saturated rings. The molecule has 8 rings (SSSR count). The van der Waals surface area contributed by atoms with Crippen LogP contribution in [0.3, 0.4) is 0 Å². The molecule has 0 unspecified atom stereocenters. The van der Waals surface area contributed by atoms with Crippen LogP contribution in [0, 0.1) is 0 Å². The molecule has 0 spiro atoms. The second-order valence-electron chi connectivity index (χ2n) is 9.82. The summed E-state index contributed by atoms with van der Waals surface area (Å²) in [6, 6.07) is 45.2. The molecule has 0 aliphatic rings. The number of furan rings is 1. The van der Waals surface area contributed by atoms with Gasteiger partial charge in [-0.1, -0.05) is 109 Å². The fourth-order valence-corrected chi connectivity index (χ4v) is 6.24. The van der Waals surface area contributed by atoms with Gasteiger partial charge in [-0.25, -0.2) is 0 Å². The highest BCUT2D eigenvalue weighted by Crippen LogP contribution is 2.46. The van der Waals surface area contributed by atoms with Crippen molar-refractivity contribution in [1.82, 2.24) is 0 Å². The summed E-state index contributed by atoms with van der Waals surface area (Å²) < 4.78 is 6.28. The largest absolute Gasteiger partial charge is 0.456 e. The Labute approximate surface area is 224 Å². The van der Waals surface area contributed by atoms with Crippen LogP contribution >= 0.6 is 11.6 Å². The third-order valence-electron chi connectivity index (χ3n) is 7.71. The van der Waals surface area contributed by atoms with Gasteiger partial charge >= 0.3 is 0 Å². The molecule has 0 atom stereocenters. The van der Waals surface area contributed by atoms with Gasteiger partial charge < -0.3 is 4.42 Å². The number of rotatable bonds is 2. The first kappa shape index (κ1) is 21.5. The van der Waals surface area contributed by atoms with E-state index in [1.807, 2.05) is 18.2 Å². The lowest BCUT2D eigenvalue weighted by Gasteiger charge is -2.18. The zero-order valence-electron chi connectivity index (χ0n) is 20.4. The number of fused-ring (bicyclic) bond motifs is 6. The third-order valence-corrected chi connectivity index (χ3v) is 7.95. The minimum atomic E-state index is 0.679. The molecule has 0 radical (unpaired) electrons. The molecule has 0 saturated carbocycles. The summed E-state index contributed by atoms with van der Waals surface area (Å²) >= 11 is 6.25. The summed E-state index contributed by atoms with van der Waals surface area (Å²) in [6.45, 7) is 0. The van der Waals surface area contributed by atoms with Crippen molar-refractivity contribution in [1.29, 1.82) is 0 Å². The van der Waals surface area contributed by atoms with Crippen LogP contribution in [0.4, 0.5) is 0 Å². The Kier molecular flexibility index (Phi) is 4.64. The topological polar surface area (TPSA) is 13.1 Å². The lowest BCUT2D eigenvalue weighted by atomic mass is 9.84. The molecule has 0 N–H and O–H groups in total. The molecular weight excluding hydrogens is 484 g/mol. The highest BCUT2D eigenvalue weighted by Gasteiger charge is 2.18. The first-order valence-electron chi connectivity index (χ1n) is 12.8. The normalized spacial score (nSPS) is 11.8. The van der Waals surface area contributed by atoms with E-state index in [1.54, 1.807) is 0 Å². The predicted molar refractivity (Wildman–Crippen MR) is 162 cm³/mol. The van der Waals surface area contributed by atoms with Crippen LogP contribution < -0.4 is 0 Å². The van der Waals surface area contributed by atoms with Crippen LogP contribution in [0.15, 0.2) is 132 Å². The number of hydrogen-bond donors (Lipinski definition) is 0. The fraction of sp³-hybridized carbons (Fsp3) is 0. The van der Waals surface area contributed by atoms with Crippen LogP contribution in [-0.2, 0) is 0 Å². The van der Waals surface area contributed by atoms with E-state index in [0.29, 0.717) is 5.02 Å². The van der Waals surface area contributed by atoms with Gasteiger partial charge in [-0.2, -0.15) is 0 Å². The molecule has 1 heterocycles. The van der Waals surface area contributed by atoms with Crippen LogP contribution in [0.25, 0.3) is 76.5 Å². The summed E-state index contributed by atoms with van der Waals surface area (Å²) in [5.74, 6) is 0. The van der Waals surface area contributed by atoms with Gasteiger partial charge in [0, 0.05) is 21.9 Å². The van der Waals surface area contributed by atoms with Crippen molar-refractivity contribution in [2.45, 2.75) is 0 Å². The fourth-order valence-electron chi connectivity index (χ4n) is 6.08. The summed E-state index contributed by atoms with van der Waals surface area (Å²) in [7, 11) is 0. The van der Waals surface area contributed by atoms with Gasteiger partial charge in [-0.3, -0.25) is 0 Å². The minimum absolute atomic E-state index is 0.679. The van der Waals surface area contributed by atoms with Crippen molar-refractivity contribution < 1.29 is 4.42 Å². The van der Waals surface area contributed by atoms with Gasteiger partial charge in [-0.15, -0.1) is 0 Å². The van der Waals surface area contributed by atoms with Crippen molar-refractivity contribution in [3.05, 3.63) is 132 Å². The molecule has 38 heavy (non-hydrogen) atoms. The van der Waals surface area contributed by atoms with E-state index >= 15 is 0 Å². The lowest BCUT2D eigenvalue weighted by Crippen LogP contribution is -1.91. The van der Waals surface area contributed by atoms with E-state index in [1.165, 1.54) is 49.0 Å². The average molecular weight is 505 g/mol. The SMILES string of the molecule is Clc1ccc2c(c1)oc1cc(-c3c4ccccc4c(-c4cccc5ccccc45)c4ccccc34)ccc12. The molecule has 8 aromatic rings. The van der Waals surface area contributed by atoms with E-state index in [0.717, 1.165) is 27.5 Å². The number of hydrogen-bond acceptors (Lipinski definition) is 1. The molecule has 1 nitrogen and oxygen atoms in total. The van der Waals surface area contributed by atoms with Crippen molar-refractivity contribution in [2.24, 2.45) is 0 Å². The Balaban J connectivity index is 1.49. The molecule has 0 saturated heterocycles. The highest BCUT2D eigenvalue weighted by atomic mass is 35.5. The van der Waals surface area contributed by atoms with E-state index in [-0.39, 0.29) is 0 Å². The second kappa shape index (κ2) is 8.21. The second-order valence-corrected chi connectivity index (χ2v) is 10.3. The van der Waals surface area contributed by atoms with Crippen LogP contribution in [0.1, 0.15) is 0 Å². The van der Waals surface area contributed by atoms with Gasteiger partial charge in [0.25, 0.3) is 0 Å². The van der Waals surface area contributed by atoms with E-state index in [2.05, 4.69) is 109 Å². The van der Waals surface area contributed by atoms with Crippen molar-refractivity contribution in [3.8, 4) is 22.3 Å². The highest BCUT2D eigenvalue weighted by molar-refractivity contribution is 6.31. The molecule has 0 aliphatic carbocycles. The van der Waals surface area contributed by atoms with Crippen LogP contribution in [0.2, 0.25) is 5.02 Å². The smallest absolute Gasteiger partial charge is 0.136 e. The van der Waals surface area contributed by atoms with E-state index in [4.69, 9.17) is 16.0 Å². The molecule has 178 valence electrons. The lowest BCUT2D eigenvalue weighted by molar-refractivity contribution is 0.669. The average Bonchev–Trinajstić information content (AvgIpc) is 3.32. The molecule has 0 amide bonds. The summed E-state index contributed by atoms with van der Waals surface area (Å²) in [4.78, 5) is 0. The van der Waals surface area contributed by atoms with Gasteiger partial charge in [0.15, 0.2) is 0 Å². The molecule has 7 aromatic carbocycles. The Morgan fingerprint density at radius 2 is 0.974 bits per heavy atom. The molecule has 2 heteroatoms. The summed E-state index contributed by atoms with van der Waals surface area (Å²) in [6.07, 6.45) is 0. The van der Waals surface area contributed by atoms with Crippen LogP contribution in [-0.4, -0.2) is 0 Å². The zero-order chi connectivity index (χ0) is 25.2. The standard InChI is InChI=1S/C36H21ClO/c37-24-17-19-27-26-18-16-23(20-33(26)38-34(27)21-24)35-29-11-3-5-13-31(29)36(32-14-6-4-12-30(32)35)28-15-7-9-22-8-1-2-10-25(22)28/h1-21H. The predicted octanol–water partition coefficient (Wildman–Crippen LogP) is 11.0. The van der Waals surface area contributed by atoms with Gasteiger partial charge in [-0.05, 0) is 78.8 Å². The first-order valence-corrected chi connectivity index (χ1v) is 13.2. The Hall–Kier alpha value is -4.59. The number of benzene rings is 7. The minimum Gasteiger partial charge on any atom is -0.456 e. The van der Waals surface area contributed by atoms with Crippen molar-refractivity contribution in [3.63, 3.8) is 0 Å². The number of halogens is 1. The monoisotopic (exact) mass is 504 g/mol. The maximum Gasteiger partial charge on any atom is 0.136 e. The first-order chi connectivity index (χ1) is 18.8. The van der Waals surface area contributed by atoms with Crippen molar-refractivity contribution >= 4 is 65.9 Å².